The minimum atomic E-state index is 0.110. The topological polar surface area (TPSA) is 53.7 Å². The molecule has 0 N–H and O–H groups in total. The third kappa shape index (κ3) is 3.59. The van der Waals surface area contributed by atoms with E-state index in [1.54, 1.807) is 0 Å². The molecule has 1 saturated heterocycles. The molecule has 2 fully saturated rings. The summed E-state index contributed by atoms with van der Waals surface area (Å²) in [6.07, 6.45) is 9.83. The molecule has 0 bridgehead atoms. The van der Waals surface area contributed by atoms with Gasteiger partial charge in [0.2, 0.25) is 5.91 Å². The fraction of sp³-hybridized carbons (Fsp3) is 0.667. The Morgan fingerprint density at radius 2 is 1.96 bits per heavy atom. The molecule has 146 valence electrons. The van der Waals surface area contributed by atoms with Crippen LogP contribution in [0.4, 0.5) is 0 Å². The second kappa shape index (κ2) is 7.58. The molecule has 27 heavy (non-hydrogen) atoms. The summed E-state index contributed by atoms with van der Waals surface area (Å²) >= 11 is 0. The average molecular weight is 370 g/mol. The molecule has 0 aromatic carbocycles. The van der Waals surface area contributed by atoms with Gasteiger partial charge in [-0.1, -0.05) is 19.3 Å². The van der Waals surface area contributed by atoms with Gasteiger partial charge in [-0.05, 0) is 46.7 Å². The van der Waals surface area contributed by atoms with Crippen molar-refractivity contribution in [2.24, 2.45) is 5.92 Å². The number of aromatic nitrogens is 3. The van der Waals surface area contributed by atoms with Crippen LogP contribution in [0.3, 0.4) is 0 Å². The summed E-state index contributed by atoms with van der Waals surface area (Å²) in [4.78, 5) is 22.3. The molecule has 1 saturated carbocycles. The van der Waals surface area contributed by atoms with E-state index in [1.807, 2.05) is 23.7 Å². The number of amides is 1. The predicted octanol–water partition coefficient (Wildman–Crippen LogP) is 3.34. The van der Waals surface area contributed by atoms with Crippen molar-refractivity contribution in [3.8, 4) is 0 Å². The highest BCUT2D eigenvalue weighted by Crippen LogP contribution is 2.37. The molecule has 2 aromatic rings. The summed E-state index contributed by atoms with van der Waals surface area (Å²) in [5.41, 5.74) is 4.17. The largest absolute Gasteiger partial charge is 0.334 e. The van der Waals surface area contributed by atoms with Gasteiger partial charge >= 0.3 is 0 Å². The van der Waals surface area contributed by atoms with Gasteiger partial charge < -0.3 is 9.80 Å². The minimum absolute atomic E-state index is 0.110. The van der Waals surface area contributed by atoms with Crippen LogP contribution in [0.5, 0.6) is 0 Å². The van der Waals surface area contributed by atoms with E-state index in [4.69, 9.17) is 5.10 Å². The third-order valence-electron chi connectivity index (χ3n) is 6.02. The van der Waals surface area contributed by atoms with Gasteiger partial charge in [0.25, 0.3) is 0 Å². The van der Waals surface area contributed by atoms with Crippen molar-refractivity contribution < 1.29 is 4.79 Å². The van der Waals surface area contributed by atoms with Gasteiger partial charge in [0.15, 0.2) is 5.65 Å². The minimum Gasteiger partial charge on any atom is -0.334 e. The highest BCUT2D eigenvalue weighted by Gasteiger charge is 2.37. The molecule has 0 unspecified atom stereocenters. The summed E-state index contributed by atoms with van der Waals surface area (Å²) < 4.78 is 1.99. The molecular weight excluding hydrogens is 338 g/mol. The van der Waals surface area contributed by atoms with Gasteiger partial charge in [-0.3, -0.25) is 4.79 Å². The van der Waals surface area contributed by atoms with Gasteiger partial charge in [-0.25, -0.2) is 9.50 Å². The van der Waals surface area contributed by atoms with Crippen molar-refractivity contribution in [3.05, 3.63) is 29.2 Å². The number of rotatable bonds is 4. The Hall–Kier alpha value is -1.95. The molecule has 6 heteroatoms. The summed E-state index contributed by atoms with van der Waals surface area (Å²) in [5.74, 6) is 0.579. The number of aryl methyl sites for hydroxylation is 1. The number of hydrogen-bond donors (Lipinski definition) is 0. The van der Waals surface area contributed by atoms with Crippen molar-refractivity contribution in [2.75, 3.05) is 20.6 Å². The molecule has 3 heterocycles. The van der Waals surface area contributed by atoms with Crippen LogP contribution in [0.15, 0.2) is 12.3 Å². The summed E-state index contributed by atoms with van der Waals surface area (Å²) in [5, 5.41) is 4.73. The summed E-state index contributed by atoms with van der Waals surface area (Å²) in [6, 6.07) is 2.13. The zero-order valence-electron chi connectivity index (χ0n) is 16.8. The van der Waals surface area contributed by atoms with Crippen LogP contribution in [0.1, 0.15) is 67.9 Å². The smallest absolute Gasteiger partial charge is 0.226 e. The SMILES string of the molecule is Cc1cc2ncc(CN(C)C)c([C@H]3CCCN3C(=O)C3CCCCC3)n2n1. The normalized spacial score (nSPS) is 21.5. The van der Waals surface area contributed by atoms with E-state index < -0.39 is 0 Å². The zero-order chi connectivity index (χ0) is 19.0. The first-order valence-corrected chi connectivity index (χ1v) is 10.3. The Kier molecular flexibility index (Phi) is 5.17. The van der Waals surface area contributed by atoms with Gasteiger partial charge in [0.05, 0.1) is 17.4 Å². The first-order chi connectivity index (χ1) is 13.0. The number of fused-ring (bicyclic) bond motifs is 1. The van der Waals surface area contributed by atoms with E-state index in [2.05, 4.69) is 28.9 Å². The van der Waals surface area contributed by atoms with Crippen LogP contribution in [0.25, 0.3) is 5.65 Å². The Morgan fingerprint density at radius 1 is 1.19 bits per heavy atom. The van der Waals surface area contributed by atoms with Crippen molar-refractivity contribution in [1.82, 2.24) is 24.4 Å². The average Bonchev–Trinajstić information content (AvgIpc) is 3.27. The summed E-state index contributed by atoms with van der Waals surface area (Å²) in [7, 11) is 4.14. The van der Waals surface area contributed by atoms with E-state index in [1.165, 1.54) is 24.8 Å². The maximum Gasteiger partial charge on any atom is 0.226 e. The van der Waals surface area contributed by atoms with Crippen LogP contribution < -0.4 is 0 Å². The Morgan fingerprint density at radius 3 is 2.70 bits per heavy atom. The van der Waals surface area contributed by atoms with Crippen molar-refractivity contribution in [1.29, 1.82) is 0 Å². The van der Waals surface area contributed by atoms with Crippen molar-refractivity contribution in [3.63, 3.8) is 0 Å². The molecule has 1 atom stereocenters. The lowest BCUT2D eigenvalue weighted by Gasteiger charge is -2.32. The lowest BCUT2D eigenvalue weighted by atomic mass is 9.88. The Labute approximate surface area is 161 Å². The van der Waals surface area contributed by atoms with Gasteiger partial charge in [0.1, 0.15) is 0 Å². The number of carbonyl (C=O) groups is 1. The maximum absolute atomic E-state index is 13.3. The first kappa shape index (κ1) is 18.4. The van der Waals surface area contributed by atoms with Crippen LogP contribution in [0, 0.1) is 12.8 Å². The molecule has 4 rings (SSSR count). The lowest BCUT2D eigenvalue weighted by molar-refractivity contribution is -0.137. The number of carbonyl (C=O) groups excluding carboxylic acids is 1. The predicted molar refractivity (Wildman–Crippen MR) is 105 cm³/mol. The molecule has 1 aliphatic heterocycles. The molecule has 6 nitrogen and oxygen atoms in total. The van der Waals surface area contributed by atoms with Gasteiger partial charge in [-0.2, -0.15) is 5.10 Å². The van der Waals surface area contributed by atoms with Gasteiger partial charge in [0, 0.05) is 36.8 Å². The highest BCUT2D eigenvalue weighted by molar-refractivity contribution is 5.79. The van der Waals surface area contributed by atoms with Crippen LogP contribution in [-0.4, -0.2) is 50.9 Å². The maximum atomic E-state index is 13.3. The van der Waals surface area contributed by atoms with Crippen molar-refractivity contribution in [2.45, 2.75) is 64.5 Å². The lowest BCUT2D eigenvalue weighted by Crippen LogP contribution is -2.37. The fourth-order valence-corrected chi connectivity index (χ4v) is 4.82. The monoisotopic (exact) mass is 369 g/mol. The first-order valence-electron chi connectivity index (χ1n) is 10.3. The van der Waals surface area contributed by atoms with Crippen molar-refractivity contribution >= 4 is 11.6 Å². The number of nitrogens with zero attached hydrogens (tertiary/aromatic N) is 5. The number of likely N-dealkylation sites (tertiary alicyclic amines) is 1. The molecule has 0 radical (unpaired) electrons. The molecule has 1 aliphatic carbocycles. The summed E-state index contributed by atoms with van der Waals surface area (Å²) in [6.45, 7) is 3.67. The standard InChI is InChI=1S/C21H31N5O/c1-15-12-19-22-13-17(14-24(2)3)20(26(19)23-15)18-10-7-11-25(18)21(27)16-8-5-4-6-9-16/h12-13,16,18H,4-11,14H2,1-3H3/t18-/m1/s1. The molecular formula is C21H31N5O. The van der Waals surface area contributed by atoms with Crippen LogP contribution >= 0.6 is 0 Å². The van der Waals surface area contributed by atoms with Crippen LogP contribution in [0.2, 0.25) is 0 Å². The van der Waals surface area contributed by atoms with Crippen LogP contribution in [-0.2, 0) is 11.3 Å². The second-order valence-corrected chi connectivity index (χ2v) is 8.49. The molecule has 2 aliphatic rings. The second-order valence-electron chi connectivity index (χ2n) is 8.49. The van der Waals surface area contributed by atoms with Gasteiger partial charge in [-0.15, -0.1) is 0 Å². The third-order valence-corrected chi connectivity index (χ3v) is 6.02. The van der Waals surface area contributed by atoms with E-state index in [-0.39, 0.29) is 12.0 Å². The highest BCUT2D eigenvalue weighted by atomic mass is 16.2. The Bertz CT molecular complexity index is 821. The zero-order valence-corrected chi connectivity index (χ0v) is 16.8. The molecule has 2 aromatic heterocycles. The van der Waals surface area contributed by atoms with E-state index in [0.717, 1.165) is 55.8 Å². The van der Waals surface area contributed by atoms with E-state index in [9.17, 15) is 4.79 Å². The molecule has 1 amide bonds. The quantitative estimate of drug-likeness (QED) is 0.829. The molecule has 0 spiro atoms. The van der Waals surface area contributed by atoms with E-state index in [0.29, 0.717) is 5.91 Å². The van der Waals surface area contributed by atoms with E-state index >= 15 is 0 Å². The number of hydrogen-bond acceptors (Lipinski definition) is 4. The Balaban J connectivity index is 1.73. The fourth-order valence-electron chi connectivity index (χ4n) is 4.82.